The van der Waals surface area contributed by atoms with Crippen molar-refractivity contribution in [1.82, 2.24) is 0 Å². The van der Waals surface area contributed by atoms with E-state index in [4.69, 9.17) is 0 Å². The Kier molecular flexibility index (Phi) is 4.12. The van der Waals surface area contributed by atoms with Crippen molar-refractivity contribution in [2.24, 2.45) is 28.6 Å². The van der Waals surface area contributed by atoms with Crippen molar-refractivity contribution < 1.29 is 34.1 Å². The Labute approximate surface area is 168 Å². The van der Waals surface area contributed by atoms with Gasteiger partial charge in [0.1, 0.15) is 5.60 Å². The fraction of sp³-hybridized carbons (Fsp3) is 0.682. The van der Waals surface area contributed by atoms with Crippen LogP contribution in [0.4, 0.5) is 4.39 Å². The van der Waals surface area contributed by atoms with Gasteiger partial charge in [0.05, 0.1) is 6.10 Å². The minimum absolute atomic E-state index is 0.203. The Hall–Kier alpha value is -1.86. The van der Waals surface area contributed by atoms with E-state index in [1.165, 1.54) is 18.2 Å². The molecule has 29 heavy (non-hydrogen) atoms. The van der Waals surface area contributed by atoms with E-state index in [9.17, 15) is 29.7 Å². The number of Topliss-reactive ketones (excluding diaryl/α,β-unsaturated/α-hetero) is 1. The number of aliphatic hydroxyl groups excluding tert-OH is 1. The Bertz CT molecular complexity index is 879. The Morgan fingerprint density at radius 2 is 1.90 bits per heavy atom. The van der Waals surface area contributed by atoms with Crippen molar-refractivity contribution in [3.8, 4) is 0 Å². The number of alkyl halides is 1. The normalized spacial score (nSPS) is 51.0. The number of aliphatic carboxylic acids is 1. The number of fused-ring (bicyclic) bond motifs is 5. The smallest absolute Gasteiger partial charge is 0.375 e. The van der Waals surface area contributed by atoms with Crippen LogP contribution in [-0.2, 0) is 14.4 Å². The molecule has 158 valence electrons. The molecular weight excluding hydrogens is 379 g/mol. The van der Waals surface area contributed by atoms with E-state index in [0.717, 1.165) is 0 Å². The molecule has 0 spiro atoms. The maximum atomic E-state index is 16.9. The van der Waals surface area contributed by atoms with E-state index >= 15 is 4.39 Å². The van der Waals surface area contributed by atoms with Gasteiger partial charge in [-0.05, 0) is 56.6 Å². The van der Waals surface area contributed by atoms with Gasteiger partial charge >= 0.3 is 5.97 Å². The summed E-state index contributed by atoms with van der Waals surface area (Å²) in [6.45, 7) is 4.91. The summed E-state index contributed by atoms with van der Waals surface area (Å²) in [5, 5.41) is 31.7. The summed E-state index contributed by atoms with van der Waals surface area (Å²) in [5.74, 6) is -5.03. The highest BCUT2D eigenvalue weighted by molar-refractivity contribution is 6.36. The molecular formula is C22H27FO6. The van der Waals surface area contributed by atoms with Crippen molar-refractivity contribution in [3.63, 3.8) is 0 Å². The lowest BCUT2D eigenvalue weighted by molar-refractivity contribution is -0.219. The topological polar surface area (TPSA) is 112 Å². The van der Waals surface area contributed by atoms with Gasteiger partial charge in [-0.2, -0.15) is 0 Å². The van der Waals surface area contributed by atoms with Crippen molar-refractivity contribution in [3.05, 3.63) is 23.8 Å². The molecule has 0 aromatic heterocycles. The number of carboxylic acid groups (broad SMARTS) is 1. The first-order chi connectivity index (χ1) is 13.3. The number of hydrogen-bond donors (Lipinski definition) is 3. The molecule has 6 nitrogen and oxygen atoms in total. The molecule has 8 atom stereocenters. The minimum Gasteiger partial charge on any atom is -0.475 e. The fourth-order valence-electron chi connectivity index (χ4n) is 7.19. The molecule has 4 aliphatic carbocycles. The molecule has 0 bridgehead atoms. The van der Waals surface area contributed by atoms with Gasteiger partial charge in [-0.25, -0.2) is 9.18 Å². The van der Waals surface area contributed by atoms with Gasteiger partial charge in [0.15, 0.2) is 11.5 Å². The first kappa shape index (κ1) is 20.4. The van der Waals surface area contributed by atoms with E-state index in [1.54, 1.807) is 20.8 Å². The molecule has 0 aromatic rings. The van der Waals surface area contributed by atoms with Gasteiger partial charge in [0, 0.05) is 16.7 Å². The lowest BCUT2D eigenvalue weighted by Crippen LogP contribution is -2.69. The molecule has 0 aromatic carbocycles. The molecule has 0 aliphatic heterocycles. The van der Waals surface area contributed by atoms with Gasteiger partial charge in [-0.3, -0.25) is 9.59 Å². The minimum atomic E-state index is -2.17. The summed E-state index contributed by atoms with van der Waals surface area (Å²) in [4.78, 5) is 35.8. The van der Waals surface area contributed by atoms with Crippen molar-refractivity contribution >= 4 is 17.5 Å². The summed E-state index contributed by atoms with van der Waals surface area (Å²) in [6.07, 6.45) is 3.70. The number of aliphatic hydroxyl groups is 2. The van der Waals surface area contributed by atoms with E-state index < -0.39 is 57.7 Å². The van der Waals surface area contributed by atoms with Crippen molar-refractivity contribution in [2.75, 3.05) is 0 Å². The second-order valence-corrected chi connectivity index (χ2v) is 9.80. The lowest BCUT2D eigenvalue weighted by Gasteiger charge is -2.62. The van der Waals surface area contributed by atoms with Gasteiger partial charge in [0.2, 0.25) is 0 Å². The highest BCUT2D eigenvalue weighted by Gasteiger charge is 2.76. The highest BCUT2D eigenvalue weighted by atomic mass is 19.1. The van der Waals surface area contributed by atoms with E-state index in [1.807, 2.05) is 0 Å². The van der Waals surface area contributed by atoms with Crippen LogP contribution in [0.25, 0.3) is 0 Å². The zero-order chi connectivity index (χ0) is 21.6. The SMILES string of the molecule is C[C@H]1C[C@H]2[C@@H]3CCC4=CC(=O)C=C[C@]4(C)[C@]3(F)[C@H](O)C[C@]2(C)[C@]1(O)C(=O)C(=O)O. The number of ketones is 2. The van der Waals surface area contributed by atoms with Crippen LogP contribution in [-0.4, -0.2) is 50.2 Å². The van der Waals surface area contributed by atoms with E-state index in [2.05, 4.69) is 0 Å². The number of carbonyl (C=O) groups excluding carboxylic acids is 2. The fourth-order valence-corrected chi connectivity index (χ4v) is 7.19. The molecule has 0 unspecified atom stereocenters. The molecule has 3 N–H and O–H groups in total. The predicted octanol–water partition coefficient (Wildman–Crippen LogP) is 1.99. The average molecular weight is 406 g/mol. The standard InChI is InChI=1S/C22H27FO6/c1-11-8-15-14-5-4-12-9-13(24)6-7-19(12,2)21(14,23)16(25)10-20(15,3)22(11,29)17(26)18(27)28/h6-7,9,11,14-16,25,29H,4-5,8,10H2,1-3H3,(H,27,28)/t11-,14-,15-,16+,19-,20-,21+,22+/m0/s1. The first-order valence-corrected chi connectivity index (χ1v) is 10.2. The van der Waals surface area contributed by atoms with Crippen molar-refractivity contribution in [2.45, 2.75) is 63.8 Å². The van der Waals surface area contributed by atoms with Crippen LogP contribution >= 0.6 is 0 Å². The van der Waals surface area contributed by atoms with Crippen LogP contribution in [0.1, 0.15) is 46.5 Å². The highest BCUT2D eigenvalue weighted by Crippen LogP contribution is 2.70. The summed E-state index contributed by atoms with van der Waals surface area (Å²) in [5.41, 5.74) is -6.01. The number of carboxylic acids is 1. The number of hydrogen-bond acceptors (Lipinski definition) is 5. The van der Waals surface area contributed by atoms with Gasteiger partial charge in [0.25, 0.3) is 5.78 Å². The first-order valence-electron chi connectivity index (χ1n) is 10.2. The van der Waals surface area contributed by atoms with Crippen molar-refractivity contribution in [1.29, 1.82) is 0 Å². The monoisotopic (exact) mass is 406 g/mol. The second-order valence-electron chi connectivity index (χ2n) is 9.80. The second kappa shape index (κ2) is 5.85. The molecule has 0 heterocycles. The van der Waals surface area contributed by atoms with Crippen LogP contribution in [0.3, 0.4) is 0 Å². The van der Waals surface area contributed by atoms with Crippen LogP contribution in [0.2, 0.25) is 0 Å². The number of rotatable bonds is 2. The summed E-state index contributed by atoms with van der Waals surface area (Å²) < 4.78 is 16.9. The molecule has 0 radical (unpaired) electrons. The van der Waals surface area contributed by atoms with Crippen LogP contribution in [0.15, 0.2) is 23.8 Å². The van der Waals surface area contributed by atoms with Gasteiger partial charge in [-0.1, -0.05) is 25.5 Å². The largest absolute Gasteiger partial charge is 0.475 e. The summed E-state index contributed by atoms with van der Waals surface area (Å²) in [7, 11) is 0. The maximum absolute atomic E-state index is 16.9. The zero-order valence-electron chi connectivity index (χ0n) is 16.8. The Morgan fingerprint density at radius 1 is 1.24 bits per heavy atom. The molecule has 4 rings (SSSR count). The quantitative estimate of drug-likeness (QED) is 0.605. The third-order valence-electron chi connectivity index (χ3n) is 8.76. The van der Waals surface area contributed by atoms with Crippen LogP contribution in [0.5, 0.6) is 0 Å². The third kappa shape index (κ3) is 2.15. The molecule has 4 aliphatic rings. The van der Waals surface area contributed by atoms with E-state index in [-0.39, 0.29) is 12.2 Å². The molecule has 3 saturated carbocycles. The van der Waals surface area contributed by atoms with Gasteiger partial charge < -0.3 is 15.3 Å². The summed E-state index contributed by atoms with van der Waals surface area (Å²) >= 11 is 0. The number of carbonyl (C=O) groups is 3. The van der Waals surface area contributed by atoms with E-state index in [0.29, 0.717) is 24.8 Å². The molecule has 7 heteroatoms. The molecule has 3 fully saturated rings. The zero-order valence-corrected chi connectivity index (χ0v) is 16.8. The van der Waals surface area contributed by atoms with Gasteiger partial charge in [-0.15, -0.1) is 0 Å². The molecule has 0 saturated heterocycles. The maximum Gasteiger partial charge on any atom is 0.375 e. The number of halogens is 1. The van der Waals surface area contributed by atoms with Crippen LogP contribution < -0.4 is 0 Å². The third-order valence-corrected chi connectivity index (χ3v) is 8.76. The average Bonchev–Trinajstić information content (AvgIpc) is 2.84. The van der Waals surface area contributed by atoms with Crippen LogP contribution in [0, 0.1) is 28.6 Å². The summed E-state index contributed by atoms with van der Waals surface area (Å²) in [6, 6.07) is 0. The Balaban J connectivity index is 1.84. The lowest BCUT2D eigenvalue weighted by atomic mass is 9.44. The predicted molar refractivity (Wildman–Crippen MR) is 100 cm³/mol. The Morgan fingerprint density at radius 3 is 2.52 bits per heavy atom. The number of allylic oxidation sites excluding steroid dienone is 4. The molecule has 0 amide bonds.